The minimum Gasteiger partial charge on any atom is -0.462 e. The zero-order valence-electron chi connectivity index (χ0n) is 35.7. The van der Waals surface area contributed by atoms with Crippen molar-refractivity contribution in [2.45, 2.75) is 239 Å². The van der Waals surface area contributed by atoms with E-state index in [2.05, 4.69) is 57.2 Å². The number of rotatable bonds is 41. The van der Waals surface area contributed by atoms with E-state index in [0.29, 0.717) is 19.3 Å². The maximum absolute atomic E-state index is 12.7. The second kappa shape index (κ2) is 43.4. The van der Waals surface area contributed by atoms with Crippen LogP contribution in [0.1, 0.15) is 233 Å². The maximum Gasteiger partial charge on any atom is 0.306 e. The first-order valence-electron chi connectivity index (χ1n) is 23.0. The van der Waals surface area contributed by atoms with Gasteiger partial charge >= 0.3 is 17.9 Å². The van der Waals surface area contributed by atoms with Crippen molar-refractivity contribution in [2.75, 3.05) is 13.2 Å². The summed E-state index contributed by atoms with van der Waals surface area (Å²) in [6, 6.07) is 0. The number of hydrogen-bond acceptors (Lipinski definition) is 6. The number of hydrogen-bond donors (Lipinski definition) is 0. The molecule has 0 N–H and O–H groups in total. The van der Waals surface area contributed by atoms with Crippen molar-refractivity contribution in [1.29, 1.82) is 0 Å². The van der Waals surface area contributed by atoms with Gasteiger partial charge in [0.15, 0.2) is 6.10 Å². The standard InChI is InChI=1S/C48H86O6/c1-4-7-10-13-16-18-20-22-24-25-27-28-30-32-35-38-41-47(50)53-44-45(43-52-46(49)40-37-34-15-12-9-6-3)54-48(51)42-39-36-33-31-29-26-23-21-19-17-14-11-8-5-2/h18,20-21,23-25,45H,4-17,19,22,26-44H2,1-3H3/b20-18-,23-21-,25-24-. The lowest BCUT2D eigenvalue weighted by Crippen LogP contribution is -2.30. The monoisotopic (exact) mass is 759 g/mol. The zero-order valence-corrected chi connectivity index (χ0v) is 35.7. The Bertz CT molecular complexity index is 922. The van der Waals surface area contributed by atoms with E-state index in [1.165, 1.54) is 103 Å². The highest BCUT2D eigenvalue weighted by molar-refractivity contribution is 5.71. The van der Waals surface area contributed by atoms with Gasteiger partial charge in [-0.2, -0.15) is 0 Å². The van der Waals surface area contributed by atoms with E-state index in [0.717, 1.165) is 89.9 Å². The molecule has 0 aliphatic carbocycles. The molecule has 0 amide bonds. The number of esters is 3. The van der Waals surface area contributed by atoms with Crippen molar-refractivity contribution in [3.8, 4) is 0 Å². The molecule has 0 bridgehead atoms. The van der Waals surface area contributed by atoms with Gasteiger partial charge in [-0.05, 0) is 77.0 Å². The molecule has 0 spiro atoms. The van der Waals surface area contributed by atoms with E-state index in [4.69, 9.17) is 14.2 Å². The number of carbonyl (C=O) groups is 3. The van der Waals surface area contributed by atoms with Crippen molar-refractivity contribution in [2.24, 2.45) is 0 Å². The molecule has 6 heteroatoms. The van der Waals surface area contributed by atoms with Gasteiger partial charge in [0.05, 0.1) is 0 Å². The lowest BCUT2D eigenvalue weighted by molar-refractivity contribution is -0.167. The van der Waals surface area contributed by atoms with Crippen LogP contribution in [0.2, 0.25) is 0 Å². The molecule has 1 atom stereocenters. The van der Waals surface area contributed by atoms with Gasteiger partial charge in [-0.1, -0.05) is 173 Å². The Labute approximate surface area is 334 Å². The van der Waals surface area contributed by atoms with Gasteiger partial charge in [0.2, 0.25) is 0 Å². The lowest BCUT2D eigenvalue weighted by Gasteiger charge is -2.18. The van der Waals surface area contributed by atoms with E-state index in [1.54, 1.807) is 0 Å². The molecule has 0 aliphatic heterocycles. The molecule has 0 fully saturated rings. The van der Waals surface area contributed by atoms with Crippen LogP contribution in [0, 0.1) is 0 Å². The summed E-state index contributed by atoms with van der Waals surface area (Å²) in [7, 11) is 0. The van der Waals surface area contributed by atoms with Crippen LogP contribution in [-0.2, 0) is 28.6 Å². The van der Waals surface area contributed by atoms with Gasteiger partial charge in [-0.3, -0.25) is 14.4 Å². The van der Waals surface area contributed by atoms with E-state index < -0.39 is 6.10 Å². The van der Waals surface area contributed by atoms with Crippen LogP contribution < -0.4 is 0 Å². The number of carbonyl (C=O) groups excluding carboxylic acids is 3. The van der Waals surface area contributed by atoms with E-state index in [-0.39, 0.29) is 31.1 Å². The Kier molecular flexibility index (Phi) is 41.5. The van der Waals surface area contributed by atoms with Gasteiger partial charge in [0.1, 0.15) is 13.2 Å². The Morgan fingerprint density at radius 2 is 0.667 bits per heavy atom. The van der Waals surface area contributed by atoms with Gasteiger partial charge in [0, 0.05) is 19.3 Å². The third kappa shape index (κ3) is 40.8. The first-order valence-corrected chi connectivity index (χ1v) is 23.0. The van der Waals surface area contributed by atoms with Gasteiger partial charge in [-0.15, -0.1) is 0 Å². The summed E-state index contributed by atoms with van der Waals surface area (Å²) in [5, 5.41) is 0. The van der Waals surface area contributed by atoms with Crippen molar-refractivity contribution >= 4 is 17.9 Å². The van der Waals surface area contributed by atoms with Crippen LogP contribution in [0.25, 0.3) is 0 Å². The van der Waals surface area contributed by atoms with Crippen molar-refractivity contribution in [3.05, 3.63) is 36.5 Å². The molecule has 314 valence electrons. The summed E-state index contributed by atoms with van der Waals surface area (Å²) in [6.07, 6.45) is 48.5. The molecule has 6 nitrogen and oxygen atoms in total. The lowest BCUT2D eigenvalue weighted by atomic mass is 10.1. The summed E-state index contributed by atoms with van der Waals surface area (Å²) in [5.74, 6) is -0.910. The molecule has 0 aromatic rings. The van der Waals surface area contributed by atoms with E-state index in [9.17, 15) is 14.4 Å². The molecule has 1 unspecified atom stereocenters. The molecule has 0 radical (unpaired) electrons. The number of unbranched alkanes of at least 4 members (excludes halogenated alkanes) is 24. The van der Waals surface area contributed by atoms with Crippen LogP contribution in [0.15, 0.2) is 36.5 Å². The van der Waals surface area contributed by atoms with E-state index >= 15 is 0 Å². The molecule has 0 rings (SSSR count). The summed E-state index contributed by atoms with van der Waals surface area (Å²) >= 11 is 0. The van der Waals surface area contributed by atoms with Crippen LogP contribution in [0.5, 0.6) is 0 Å². The Morgan fingerprint density at radius 1 is 0.370 bits per heavy atom. The predicted molar refractivity (Wildman–Crippen MR) is 229 cm³/mol. The fourth-order valence-corrected chi connectivity index (χ4v) is 6.35. The molecule has 0 heterocycles. The molecule has 0 saturated heterocycles. The highest BCUT2D eigenvalue weighted by Gasteiger charge is 2.19. The Hall–Kier alpha value is -2.37. The summed E-state index contributed by atoms with van der Waals surface area (Å²) < 4.78 is 16.6. The SMILES string of the molecule is CCCCCC/C=C\C/C=C\CCCCCCCC(=O)OCC(COC(=O)CCCCCCCC)OC(=O)CCCCCCC/C=C\CCCCCCC. The molecule has 0 saturated carbocycles. The van der Waals surface area contributed by atoms with Gasteiger partial charge < -0.3 is 14.2 Å². The zero-order chi connectivity index (χ0) is 39.4. The quantitative estimate of drug-likeness (QED) is 0.0267. The summed E-state index contributed by atoms with van der Waals surface area (Å²) in [6.45, 7) is 6.53. The fourth-order valence-electron chi connectivity index (χ4n) is 6.35. The third-order valence-electron chi connectivity index (χ3n) is 9.87. The normalized spacial score (nSPS) is 12.3. The van der Waals surface area contributed by atoms with Crippen molar-refractivity contribution < 1.29 is 28.6 Å². The average Bonchev–Trinajstić information content (AvgIpc) is 3.17. The largest absolute Gasteiger partial charge is 0.462 e. The van der Waals surface area contributed by atoms with Gasteiger partial charge in [-0.25, -0.2) is 0 Å². The van der Waals surface area contributed by atoms with Crippen LogP contribution in [-0.4, -0.2) is 37.2 Å². The first-order chi connectivity index (χ1) is 26.5. The van der Waals surface area contributed by atoms with Crippen LogP contribution >= 0.6 is 0 Å². The maximum atomic E-state index is 12.7. The first kappa shape index (κ1) is 51.6. The highest BCUT2D eigenvalue weighted by atomic mass is 16.6. The Balaban J connectivity index is 4.30. The molecule has 54 heavy (non-hydrogen) atoms. The molecule has 0 aromatic heterocycles. The second-order valence-electron chi connectivity index (χ2n) is 15.3. The molecular weight excluding hydrogens is 673 g/mol. The minimum atomic E-state index is -0.775. The summed E-state index contributed by atoms with van der Waals surface area (Å²) in [4.78, 5) is 37.6. The third-order valence-corrected chi connectivity index (χ3v) is 9.87. The highest BCUT2D eigenvalue weighted by Crippen LogP contribution is 2.13. The van der Waals surface area contributed by atoms with Crippen LogP contribution in [0.3, 0.4) is 0 Å². The molecular formula is C48H86O6. The summed E-state index contributed by atoms with van der Waals surface area (Å²) in [5.41, 5.74) is 0. The Morgan fingerprint density at radius 3 is 1.06 bits per heavy atom. The topological polar surface area (TPSA) is 78.9 Å². The number of allylic oxidation sites excluding steroid dienone is 6. The minimum absolute atomic E-state index is 0.0796. The van der Waals surface area contributed by atoms with Gasteiger partial charge in [0.25, 0.3) is 0 Å². The molecule has 0 aromatic carbocycles. The van der Waals surface area contributed by atoms with Crippen molar-refractivity contribution in [3.63, 3.8) is 0 Å². The average molecular weight is 759 g/mol. The fraction of sp³-hybridized carbons (Fsp3) is 0.812. The van der Waals surface area contributed by atoms with E-state index in [1.807, 2.05) is 0 Å². The molecule has 0 aliphatic rings. The predicted octanol–water partition coefficient (Wildman–Crippen LogP) is 14.6. The smallest absolute Gasteiger partial charge is 0.306 e. The van der Waals surface area contributed by atoms with Crippen LogP contribution in [0.4, 0.5) is 0 Å². The number of ether oxygens (including phenoxy) is 3. The second-order valence-corrected chi connectivity index (χ2v) is 15.3. The van der Waals surface area contributed by atoms with Crippen molar-refractivity contribution in [1.82, 2.24) is 0 Å².